The Morgan fingerprint density at radius 3 is 1.67 bits per heavy atom. The van der Waals surface area contributed by atoms with E-state index in [4.69, 9.17) is 9.78 Å². The average Bonchev–Trinajstić information content (AvgIpc) is 2.39. The highest BCUT2D eigenvalue weighted by atomic mass is 17.2. The van der Waals surface area contributed by atoms with E-state index in [1.165, 1.54) is 32.1 Å². The minimum atomic E-state index is -0.0193. The molecule has 0 unspecified atom stereocenters. The standard InChI is InChI=1S/C16H34O2/c1-5-9-13-16(12-8-4,14-10-6-2)18-17-15-11-7-3/h5-15H2,1-4H3. The van der Waals surface area contributed by atoms with Gasteiger partial charge in [-0.1, -0.05) is 66.2 Å². The smallest absolute Gasteiger partial charge is 0.104 e. The van der Waals surface area contributed by atoms with Crippen molar-refractivity contribution in [1.29, 1.82) is 0 Å². The highest BCUT2D eigenvalue weighted by Crippen LogP contribution is 2.31. The van der Waals surface area contributed by atoms with Crippen LogP contribution in [0.3, 0.4) is 0 Å². The third-order valence-corrected chi connectivity index (χ3v) is 3.49. The van der Waals surface area contributed by atoms with Crippen molar-refractivity contribution in [3.8, 4) is 0 Å². The van der Waals surface area contributed by atoms with Gasteiger partial charge in [0.2, 0.25) is 0 Å². The fourth-order valence-corrected chi connectivity index (χ4v) is 2.32. The summed E-state index contributed by atoms with van der Waals surface area (Å²) in [7, 11) is 0. The molecule has 0 heterocycles. The molecular formula is C16H34O2. The SMILES string of the molecule is CCCCOOC(CCC)(CCCC)CCCC. The molecule has 0 spiro atoms. The maximum Gasteiger partial charge on any atom is 0.104 e. The van der Waals surface area contributed by atoms with Crippen LogP contribution < -0.4 is 0 Å². The van der Waals surface area contributed by atoms with Crippen LogP contribution in [0.5, 0.6) is 0 Å². The monoisotopic (exact) mass is 258 g/mol. The highest BCUT2D eigenvalue weighted by Gasteiger charge is 2.30. The predicted octanol–water partition coefficient (Wildman–Crippen LogP) is 5.65. The fourth-order valence-electron chi connectivity index (χ4n) is 2.32. The van der Waals surface area contributed by atoms with Crippen molar-refractivity contribution >= 4 is 0 Å². The molecule has 0 N–H and O–H groups in total. The van der Waals surface area contributed by atoms with Gasteiger partial charge in [-0.05, 0) is 25.7 Å². The second-order valence-electron chi connectivity index (χ2n) is 5.40. The molecule has 0 bridgehead atoms. The average molecular weight is 258 g/mol. The van der Waals surface area contributed by atoms with Gasteiger partial charge in [-0.15, -0.1) is 0 Å². The number of hydrogen-bond donors (Lipinski definition) is 0. The summed E-state index contributed by atoms with van der Waals surface area (Å²) in [6.07, 6.45) is 11.8. The van der Waals surface area contributed by atoms with Crippen molar-refractivity contribution in [2.75, 3.05) is 6.61 Å². The van der Waals surface area contributed by atoms with Crippen LogP contribution in [0.25, 0.3) is 0 Å². The Hall–Kier alpha value is -0.0800. The van der Waals surface area contributed by atoms with Gasteiger partial charge in [-0.3, -0.25) is 0 Å². The van der Waals surface area contributed by atoms with Gasteiger partial charge in [0.1, 0.15) is 5.60 Å². The largest absolute Gasteiger partial charge is 0.236 e. The molecule has 0 saturated heterocycles. The number of hydrogen-bond acceptors (Lipinski definition) is 2. The first-order valence-corrected chi connectivity index (χ1v) is 8.05. The lowest BCUT2D eigenvalue weighted by Gasteiger charge is -2.32. The zero-order chi connectivity index (χ0) is 13.7. The summed E-state index contributed by atoms with van der Waals surface area (Å²) in [6.45, 7) is 9.64. The molecule has 0 aromatic rings. The van der Waals surface area contributed by atoms with Crippen LogP contribution in [0, 0.1) is 0 Å². The van der Waals surface area contributed by atoms with E-state index >= 15 is 0 Å². The maximum atomic E-state index is 5.88. The molecule has 0 aliphatic heterocycles. The summed E-state index contributed by atoms with van der Waals surface area (Å²) >= 11 is 0. The molecule has 2 nitrogen and oxygen atoms in total. The number of unbranched alkanes of at least 4 members (excludes halogenated alkanes) is 3. The highest BCUT2D eigenvalue weighted by molar-refractivity contribution is 4.79. The van der Waals surface area contributed by atoms with Crippen LogP contribution >= 0.6 is 0 Å². The van der Waals surface area contributed by atoms with Crippen molar-refractivity contribution in [3.63, 3.8) is 0 Å². The van der Waals surface area contributed by atoms with Crippen LogP contribution in [0.2, 0.25) is 0 Å². The van der Waals surface area contributed by atoms with Gasteiger partial charge in [0.15, 0.2) is 0 Å². The van der Waals surface area contributed by atoms with Gasteiger partial charge < -0.3 is 0 Å². The predicted molar refractivity (Wildman–Crippen MR) is 78.6 cm³/mol. The Morgan fingerprint density at radius 1 is 0.667 bits per heavy atom. The molecule has 0 radical (unpaired) electrons. The Labute approximate surface area is 114 Å². The molecule has 0 atom stereocenters. The minimum Gasteiger partial charge on any atom is -0.236 e. The van der Waals surface area contributed by atoms with Crippen LogP contribution in [-0.2, 0) is 9.78 Å². The van der Waals surface area contributed by atoms with Gasteiger partial charge >= 0.3 is 0 Å². The van der Waals surface area contributed by atoms with Crippen LogP contribution in [-0.4, -0.2) is 12.2 Å². The lowest BCUT2D eigenvalue weighted by molar-refractivity contribution is -0.367. The Kier molecular flexibility index (Phi) is 11.9. The third-order valence-electron chi connectivity index (χ3n) is 3.49. The summed E-state index contributed by atoms with van der Waals surface area (Å²) in [5.41, 5.74) is -0.0193. The lowest BCUT2D eigenvalue weighted by atomic mass is 9.87. The van der Waals surface area contributed by atoms with Crippen LogP contribution in [0.1, 0.15) is 91.9 Å². The minimum absolute atomic E-state index is 0.0193. The lowest BCUT2D eigenvalue weighted by Crippen LogP contribution is -2.33. The van der Waals surface area contributed by atoms with Crippen molar-refractivity contribution in [3.05, 3.63) is 0 Å². The van der Waals surface area contributed by atoms with Gasteiger partial charge in [-0.25, -0.2) is 9.78 Å². The molecule has 0 rings (SSSR count). The van der Waals surface area contributed by atoms with E-state index in [1.54, 1.807) is 0 Å². The van der Waals surface area contributed by atoms with Crippen LogP contribution in [0.4, 0.5) is 0 Å². The van der Waals surface area contributed by atoms with Gasteiger partial charge in [0.25, 0.3) is 0 Å². The first-order chi connectivity index (χ1) is 8.74. The molecular weight excluding hydrogens is 224 g/mol. The van der Waals surface area contributed by atoms with Gasteiger partial charge in [-0.2, -0.15) is 0 Å². The second kappa shape index (κ2) is 12.0. The van der Waals surface area contributed by atoms with E-state index in [-0.39, 0.29) is 5.60 Å². The summed E-state index contributed by atoms with van der Waals surface area (Å²) < 4.78 is 0. The molecule has 2 heteroatoms. The molecule has 18 heavy (non-hydrogen) atoms. The quantitative estimate of drug-likeness (QED) is 0.241. The van der Waals surface area contributed by atoms with Crippen molar-refractivity contribution in [2.45, 2.75) is 97.5 Å². The van der Waals surface area contributed by atoms with E-state index in [2.05, 4.69) is 27.7 Å². The van der Waals surface area contributed by atoms with Crippen molar-refractivity contribution < 1.29 is 9.78 Å². The summed E-state index contributed by atoms with van der Waals surface area (Å²) in [6, 6.07) is 0. The molecule has 0 aliphatic carbocycles. The normalized spacial score (nSPS) is 12.0. The van der Waals surface area contributed by atoms with E-state index < -0.39 is 0 Å². The summed E-state index contributed by atoms with van der Waals surface area (Å²) in [5, 5.41) is 0. The second-order valence-corrected chi connectivity index (χ2v) is 5.40. The Morgan fingerprint density at radius 2 is 1.22 bits per heavy atom. The third kappa shape index (κ3) is 8.10. The molecule has 0 saturated carbocycles. The molecule has 0 aromatic heterocycles. The van der Waals surface area contributed by atoms with Gasteiger partial charge in [0.05, 0.1) is 6.61 Å². The van der Waals surface area contributed by atoms with E-state index in [0.717, 1.165) is 38.7 Å². The molecule has 0 amide bonds. The zero-order valence-corrected chi connectivity index (χ0v) is 13.1. The zero-order valence-electron chi connectivity index (χ0n) is 13.1. The summed E-state index contributed by atoms with van der Waals surface area (Å²) in [5.74, 6) is 0. The molecule has 0 aromatic carbocycles. The molecule has 0 aliphatic rings. The maximum absolute atomic E-state index is 5.88. The summed E-state index contributed by atoms with van der Waals surface area (Å²) in [4.78, 5) is 11.4. The topological polar surface area (TPSA) is 18.5 Å². The number of rotatable bonds is 13. The van der Waals surface area contributed by atoms with E-state index in [9.17, 15) is 0 Å². The fraction of sp³-hybridized carbons (Fsp3) is 1.00. The van der Waals surface area contributed by atoms with Crippen molar-refractivity contribution in [1.82, 2.24) is 0 Å². The molecule has 110 valence electrons. The van der Waals surface area contributed by atoms with Gasteiger partial charge in [0, 0.05) is 0 Å². The Bertz CT molecular complexity index is 160. The molecule has 0 fully saturated rings. The van der Waals surface area contributed by atoms with Crippen LogP contribution in [0.15, 0.2) is 0 Å². The van der Waals surface area contributed by atoms with E-state index in [0.29, 0.717) is 0 Å². The first-order valence-electron chi connectivity index (χ1n) is 8.05. The Balaban J connectivity index is 4.29. The van der Waals surface area contributed by atoms with E-state index in [1.807, 2.05) is 0 Å². The van der Waals surface area contributed by atoms with Crippen molar-refractivity contribution in [2.24, 2.45) is 0 Å². The first kappa shape index (κ1) is 17.9.